The number of aryl methyl sites for hydroxylation is 2. The molecule has 2 aromatic heterocycles. The van der Waals surface area contributed by atoms with Gasteiger partial charge < -0.3 is 19.0 Å². The first-order chi connectivity index (χ1) is 16.0. The molecule has 0 spiro atoms. The van der Waals surface area contributed by atoms with E-state index in [0.717, 1.165) is 59.3 Å². The molecule has 7 nitrogen and oxygen atoms in total. The molecular weight excluding hydrogens is 418 g/mol. The number of para-hydroxylation sites is 2. The quantitative estimate of drug-likeness (QED) is 0.462. The first-order valence-electron chi connectivity index (χ1n) is 11.4. The Kier molecular flexibility index (Phi) is 5.62. The number of methoxy groups -OCH3 is 1. The topological polar surface area (TPSA) is 88.4 Å². The van der Waals surface area contributed by atoms with Gasteiger partial charge in [-0.1, -0.05) is 12.1 Å². The highest BCUT2D eigenvalue weighted by atomic mass is 16.5. The van der Waals surface area contributed by atoms with E-state index in [-0.39, 0.29) is 11.5 Å². The molecule has 0 aliphatic carbocycles. The molecule has 5 rings (SSSR count). The maximum atomic E-state index is 12.9. The molecule has 1 saturated heterocycles. The molecule has 33 heavy (non-hydrogen) atoms. The highest BCUT2D eigenvalue weighted by Crippen LogP contribution is 2.30. The average Bonchev–Trinajstić information content (AvgIpc) is 3.26. The Hall–Kier alpha value is -3.61. The summed E-state index contributed by atoms with van der Waals surface area (Å²) in [6.07, 6.45) is 2.79. The molecule has 0 radical (unpaired) electrons. The fourth-order valence-corrected chi connectivity index (χ4v) is 4.74. The number of imidazole rings is 1. The number of hydrogen-bond donors (Lipinski definition) is 1. The molecule has 0 atom stereocenters. The van der Waals surface area contributed by atoms with Crippen LogP contribution in [0.3, 0.4) is 0 Å². The van der Waals surface area contributed by atoms with Crippen molar-refractivity contribution in [3.63, 3.8) is 0 Å². The number of aromatic nitrogens is 2. The van der Waals surface area contributed by atoms with Gasteiger partial charge in [-0.25, -0.2) is 9.78 Å². The van der Waals surface area contributed by atoms with Crippen molar-refractivity contribution >= 4 is 27.9 Å². The zero-order valence-corrected chi connectivity index (χ0v) is 18.9. The van der Waals surface area contributed by atoms with Crippen LogP contribution in [0, 0.1) is 6.92 Å². The number of piperidine rings is 1. The molecule has 0 bridgehead atoms. The van der Waals surface area contributed by atoms with E-state index >= 15 is 0 Å². The van der Waals surface area contributed by atoms with Crippen LogP contribution in [0.1, 0.15) is 42.1 Å². The van der Waals surface area contributed by atoms with Gasteiger partial charge in [0.15, 0.2) is 0 Å². The molecule has 7 heteroatoms. The highest BCUT2D eigenvalue weighted by Gasteiger charge is 2.26. The second-order valence-electron chi connectivity index (χ2n) is 8.70. The fourth-order valence-electron chi connectivity index (χ4n) is 4.74. The second kappa shape index (κ2) is 8.73. The van der Waals surface area contributed by atoms with Gasteiger partial charge >= 0.3 is 5.63 Å². The number of likely N-dealkylation sites (tertiary alicyclic amines) is 1. The van der Waals surface area contributed by atoms with Crippen molar-refractivity contribution in [3.05, 3.63) is 69.8 Å². The number of fused-ring (bicyclic) bond motifs is 2. The maximum Gasteiger partial charge on any atom is 0.336 e. The molecule has 0 unspecified atom stereocenters. The Morgan fingerprint density at radius 1 is 1.21 bits per heavy atom. The average molecular weight is 446 g/mol. The van der Waals surface area contributed by atoms with E-state index < -0.39 is 0 Å². The van der Waals surface area contributed by atoms with Crippen molar-refractivity contribution in [2.45, 2.75) is 38.5 Å². The zero-order chi connectivity index (χ0) is 22.9. The van der Waals surface area contributed by atoms with Crippen LogP contribution in [-0.4, -0.2) is 41.0 Å². The van der Waals surface area contributed by atoms with Crippen molar-refractivity contribution in [2.24, 2.45) is 0 Å². The molecule has 1 aliphatic rings. The van der Waals surface area contributed by atoms with Crippen LogP contribution < -0.4 is 10.4 Å². The summed E-state index contributed by atoms with van der Waals surface area (Å²) in [5.41, 5.74) is 3.96. The minimum absolute atomic E-state index is 0.150. The van der Waals surface area contributed by atoms with Crippen LogP contribution in [0.2, 0.25) is 0 Å². The fraction of sp³-hybridized carbons (Fsp3) is 0.346. The monoisotopic (exact) mass is 445 g/mol. The third-order valence-corrected chi connectivity index (χ3v) is 6.60. The minimum atomic E-state index is -0.379. The molecule has 4 aromatic rings. The van der Waals surface area contributed by atoms with Crippen molar-refractivity contribution in [1.82, 2.24) is 14.9 Å². The Morgan fingerprint density at radius 2 is 2.00 bits per heavy atom. The molecule has 1 N–H and O–H groups in total. The van der Waals surface area contributed by atoms with Crippen LogP contribution >= 0.6 is 0 Å². The molecule has 1 amide bonds. The molecule has 0 saturated carbocycles. The van der Waals surface area contributed by atoms with Gasteiger partial charge in [0.2, 0.25) is 5.91 Å². The third-order valence-electron chi connectivity index (χ3n) is 6.60. The van der Waals surface area contributed by atoms with Crippen LogP contribution in [0.15, 0.2) is 51.7 Å². The van der Waals surface area contributed by atoms with Gasteiger partial charge in [0.05, 0.1) is 18.1 Å². The lowest BCUT2D eigenvalue weighted by atomic mass is 9.95. The van der Waals surface area contributed by atoms with Gasteiger partial charge in [0.1, 0.15) is 17.2 Å². The Balaban J connectivity index is 1.23. The number of carbonyl (C=O) groups is 1. The lowest BCUT2D eigenvalue weighted by Crippen LogP contribution is -2.38. The van der Waals surface area contributed by atoms with Gasteiger partial charge in [-0.15, -0.1) is 0 Å². The summed E-state index contributed by atoms with van der Waals surface area (Å²) in [6.45, 7) is 3.35. The molecular formula is C26H27N3O4. The van der Waals surface area contributed by atoms with E-state index in [4.69, 9.17) is 14.1 Å². The predicted octanol–water partition coefficient (Wildman–Crippen LogP) is 4.33. The van der Waals surface area contributed by atoms with Gasteiger partial charge in [0.25, 0.3) is 0 Å². The van der Waals surface area contributed by atoms with Crippen molar-refractivity contribution in [2.75, 3.05) is 20.2 Å². The number of rotatable bonds is 5. The number of nitrogens with one attached hydrogen (secondary N) is 1. The summed E-state index contributed by atoms with van der Waals surface area (Å²) in [6, 6.07) is 13.2. The number of benzene rings is 2. The standard InChI is InChI=1S/C26H27N3O4/c1-16-13-25(31)33-23-15-22(32-2)18(14-19(16)23)7-8-24(30)29-11-9-17(10-12-29)26-27-20-5-3-4-6-21(20)28-26/h3-6,13-15,17H,7-12H2,1-2H3,(H,27,28). The second-order valence-corrected chi connectivity index (χ2v) is 8.70. The first kappa shape index (κ1) is 21.2. The van der Waals surface area contributed by atoms with Gasteiger partial charge in [-0.2, -0.15) is 0 Å². The molecule has 1 fully saturated rings. The molecule has 3 heterocycles. The summed E-state index contributed by atoms with van der Waals surface area (Å²) < 4.78 is 10.8. The number of ether oxygens (including phenoxy) is 1. The van der Waals surface area contributed by atoms with Gasteiger partial charge in [-0.3, -0.25) is 4.79 Å². The smallest absolute Gasteiger partial charge is 0.336 e. The first-order valence-corrected chi connectivity index (χ1v) is 11.4. The van der Waals surface area contributed by atoms with E-state index in [1.54, 1.807) is 13.2 Å². The minimum Gasteiger partial charge on any atom is -0.496 e. The summed E-state index contributed by atoms with van der Waals surface area (Å²) in [4.78, 5) is 34.7. The van der Waals surface area contributed by atoms with Crippen LogP contribution in [0.4, 0.5) is 0 Å². The van der Waals surface area contributed by atoms with E-state index in [1.807, 2.05) is 42.2 Å². The highest BCUT2D eigenvalue weighted by molar-refractivity contribution is 5.83. The van der Waals surface area contributed by atoms with E-state index in [0.29, 0.717) is 30.1 Å². The zero-order valence-electron chi connectivity index (χ0n) is 18.9. The largest absolute Gasteiger partial charge is 0.496 e. The summed E-state index contributed by atoms with van der Waals surface area (Å²) in [5, 5.41) is 0.865. The van der Waals surface area contributed by atoms with E-state index in [9.17, 15) is 9.59 Å². The maximum absolute atomic E-state index is 12.9. The summed E-state index contributed by atoms with van der Waals surface area (Å²) >= 11 is 0. The molecule has 2 aromatic carbocycles. The number of H-pyrrole nitrogens is 1. The van der Waals surface area contributed by atoms with Gasteiger partial charge in [0, 0.05) is 42.9 Å². The Bertz CT molecular complexity index is 1350. The lowest BCUT2D eigenvalue weighted by molar-refractivity contribution is -0.132. The van der Waals surface area contributed by atoms with Crippen molar-refractivity contribution in [3.8, 4) is 5.75 Å². The predicted molar refractivity (Wildman–Crippen MR) is 127 cm³/mol. The normalized spacial score (nSPS) is 14.8. The van der Waals surface area contributed by atoms with E-state index in [2.05, 4.69) is 4.98 Å². The number of nitrogens with zero attached hydrogens (tertiary/aromatic N) is 2. The van der Waals surface area contributed by atoms with Crippen LogP contribution in [-0.2, 0) is 11.2 Å². The third kappa shape index (κ3) is 4.23. The van der Waals surface area contributed by atoms with Gasteiger partial charge in [-0.05, 0) is 55.5 Å². The Labute approximate surface area is 191 Å². The Morgan fingerprint density at radius 3 is 2.76 bits per heavy atom. The number of carbonyl (C=O) groups excluding carboxylic acids is 1. The summed E-state index contributed by atoms with van der Waals surface area (Å²) in [7, 11) is 1.59. The summed E-state index contributed by atoms with van der Waals surface area (Å²) in [5.74, 6) is 2.15. The number of hydrogen-bond acceptors (Lipinski definition) is 5. The molecule has 170 valence electrons. The molecule has 1 aliphatic heterocycles. The van der Waals surface area contributed by atoms with E-state index in [1.165, 1.54) is 6.07 Å². The SMILES string of the molecule is COc1cc2oc(=O)cc(C)c2cc1CCC(=O)N1CCC(c2nc3ccccc3[nH]2)CC1. The van der Waals surface area contributed by atoms with Crippen LogP contribution in [0.5, 0.6) is 5.75 Å². The lowest BCUT2D eigenvalue weighted by Gasteiger charge is -2.31. The number of aromatic amines is 1. The van der Waals surface area contributed by atoms with Crippen molar-refractivity contribution in [1.29, 1.82) is 0 Å². The number of amides is 1. The van der Waals surface area contributed by atoms with Crippen molar-refractivity contribution < 1.29 is 13.9 Å². The van der Waals surface area contributed by atoms with Crippen LogP contribution in [0.25, 0.3) is 22.0 Å².